The number of hydrogen-bond acceptors (Lipinski definition) is 5. The van der Waals surface area contributed by atoms with Crippen LogP contribution in [0.1, 0.15) is 0 Å². The number of hydrogen-bond donors (Lipinski definition) is 1. The quantitative estimate of drug-likeness (QED) is 0.917. The van der Waals surface area contributed by atoms with Crippen LogP contribution in [-0.2, 0) is 0 Å². The van der Waals surface area contributed by atoms with Crippen LogP contribution in [0.15, 0.2) is 36.5 Å². The molecule has 0 amide bonds. The number of para-hydroxylation sites is 1. The van der Waals surface area contributed by atoms with Crippen LogP contribution < -0.4 is 15.0 Å². The Labute approximate surface area is 118 Å². The maximum absolute atomic E-state index is 5.40. The highest BCUT2D eigenvalue weighted by molar-refractivity contribution is 5.67. The predicted octanol–water partition coefficient (Wildman–Crippen LogP) is 1.56. The fraction of sp³-hybridized carbons (Fsp3) is 0.333. The second-order valence-corrected chi connectivity index (χ2v) is 4.68. The van der Waals surface area contributed by atoms with Gasteiger partial charge in [-0.25, -0.2) is 9.97 Å². The van der Waals surface area contributed by atoms with Gasteiger partial charge in [-0.05, 0) is 18.2 Å². The molecule has 1 aromatic heterocycles. The van der Waals surface area contributed by atoms with Crippen molar-refractivity contribution in [1.29, 1.82) is 0 Å². The molecule has 5 heteroatoms. The lowest BCUT2D eigenvalue weighted by molar-refractivity contribution is 0.416. The second-order valence-electron chi connectivity index (χ2n) is 4.68. The average molecular weight is 270 g/mol. The molecule has 1 N–H and O–H groups in total. The highest BCUT2D eigenvalue weighted by Crippen LogP contribution is 2.28. The number of piperazine rings is 1. The van der Waals surface area contributed by atoms with Crippen molar-refractivity contribution in [2.24, 2.45) is 0 Å². The minimum absolute atomic E-state index is 0.787. The van der Waals surface area contributed by atoms with E-state index in [2.05, 4.69) is 20.2 Å². The molecule has 0 bridgehead atoms. The van der Waals surface area contributed by atoms with Crippen LogP contribution >= 0.6 is 0 Å². The molecule has 20 heavy (non-hydrogen) atoms. The van der Waals surface area contributed by atoms with Gasteiger partial charge in [-0.3, -0.25) is 0 Å². The Morgan fingerprint density at radius 1 is 1.15 bits per heavy atom. The number of ether oxygens (including phenoxy) is 1. The van der Waals surface area contributed by atoms with Crippen molar-refractivity contribution in [3.63, 3.8) is 0 Å². The van der Waals surface area contributed by atoms with Crippen LogP contribution in [-0.4, -0.2) is 43.3 Å². The maximum Gasteiger partial charge on any atom is 0.225 e. The summed E-state index contributed by atoms with van der Waals surface area (Å²) in [5.74, 6) is 1.62. The van der Waals surface area contributed by atoms with E-state index in [1.165, 1.54) is 0 Å². The van der Waals surface area contributed by atoms with Crippen molar-refractivity contribution in [3.8, 4) is 17.0 Å². The van der Waals surface area contributed by atoms with Crippen LogP contribution in [0, 0.1) is 0 Å². The zero-order valence-corrected chi connectivity index (χ0v) is 11.5. The minimum Gasteiger partial charge on any atom is -0.496 e. The summed E-state index contributed by atoms with van der Waals surface area (Å²) in [7, 11) is 1.68. The van der Waals surface area contributed by atoms with Crippen LogP contribution in [0.5, 0.6) is 5.75 Å². The highest BCUT2D eigenvalue weighted by Gasteiger charge is 2.14. The van der Waals surface area contributed by atoms with Gasteiger partial charge in [-0.1, -0.05) is 12.1 Å². The molecule has 1 aliphatic heterocycles. The molecule has 3 rings (SSSR count). The van der Waals surface area contributed by atoms with Gasteiger partial charge in [-0.15, -0.1) is 0 Å². The van der Waals surface area contributed by atoms with Crippen LogP contribution in [0.4, 0.5) is 5.95 Å². The third-order valence-electron chi connectivity index (χ3n) is 3.43. The third kappa shape index (κ3) is 2.58. The molecule has 2 heterocycles. The Balaban J connectivity index is 1.94. The topological polar surface area (TPSA) is 50.3 Å². The van der Waals surface area contributed by atoms with Crippen molar-refractivity contribution in [2.75, 3.05) is 38.2 Å². The van der Waals surface area contributed by atoms with Crippen molar-refractivity contribution >= 4 is 5.95 Å². The molecule has 0 radical (unpaired) electrons. The Bertz CT molecular complexity index is 582. The van der Waals surface area contributed by atoms with E-state index in [1.54, 1.807) is 7.11 Å². The first kappa shape index (κ1) is 12.9. The summed E-state index contributed by atoms with van der Waals surface area (Å²) >= 11 is 0. The van der Waals surface area contributed by atoms with Gasteiger partial charge in [0.1, 0.15) is 5.75 Å². The molecular weight excluding hydrogens is 252 g/mol. The Hall–Kier alpha value is -2.14. The van der Waals surface area contributed by atoms with Crippen molar-refractivity contribution in [2.45, 2.75) is 0 Å². The molecule has 0 unspecified atom stereocenters. The van der Waals surface area contributed by atoms with Gasteiger partial charge in [0, 0.05) is 37.9 Å². The lowest BCUT2D eigenvalue weighted by Gasteiger charge is -2.27. The normalized spacial score (nSPS) is 15.2. The average Bonchev–Trinajstić information content (AvgIpc) is 2.56. The second kappa shape index (κ2) is 5.88. The maximum atomic E-state index is 5.40. The summed E-state index contributed by atoms with van der Waals surface area (Å²) in [6, 6.07) is 9.83. The summed E-state index contributed by atoms with van der Waals surface area (Å²) in [6.07, 6.45) is 1.81. The summed E-state index contributed by atoms with van der Waals surface area (Å²) < 4.78 is 5.40. The molecule has 1 saturated heterocycles. The summed E-state index contributed by atoms with van der Waals surface area (Å²) in [6.45, 7) is 3.83. The van der Waals surface area contributed by atoms with Gasteiger partial charge in [0.15, 0.2) is 0 Å². The van der Waals surface area contributed by atoms with Gasteiger partial charge in [-0.2, -0.15) is 0 Å². The van der Waals surface area contributed by atoms with Crippen molar-refractivity contribution in [3.05, 3.63) is 36.5 Å². The summed E-state index contributed by atoms with van der Waals surface area (Å²) in [4.78, 5) is 11.3. The molecular formula is C15H18N4O. The van der Waals surface area contributed by atoms with Crippen molar-refractivity contribution < 1.29 is 4.74 Å². The molecule has 0 atom stereocenters. The highest BCUT2D eigenvalue weighted by atomic mass is 16.5. The first-order chi connectivity index (χ1) is 9.88. The van der Waals surface area contributed by atoms with Gasteiger partial charge < -0.3 is 15.0 Å². The number of nitrogens with one attached hydrogen (secondary N) is 1. The summed E-state index contributed by atoms with van der Waals surface area (Å²) in [5, 5.41) is 3.33. The molecule has 1 fully saturated rings. The van der Waals surface area contributed by atoms with Crippen LogP contribution in [0.3, 0.4) is 0 Å². The van der Waals surface area contributed by atoms with E-state index in [0.29, 0.717) is 0 Å². The number of nitrogens with zero attached hydrogens (tertiary/aromatic N) is 3. The number of anilines is 1. The lowest BCUT2D eigenvalue weighted by Crippen LogP contribution is -2.44. The SMILES string of the molecule is COc1ccccc1-c1ccnc(N2CCNCC2)n1. The smallest absolute Gasteiger partial charge is 0.225 e. The van der Waals surface area contributed by atoms with E-state index in [4.69, 9.17) is 4.74 Å². The van der Waals surface area contributed by atoms with Gasteiger partial charge in [0.05, 0.1) is 12.8 Å². The molecule has 0 spiro atoms. The monoisotopic (exact) mass is 270 g/mol. The van der Waals surface area contributed by atoms with Crippen LogP contribution in [0.25, 0.3) is 11.3 Å². The fourth-order valence-electron chi connectivity index (χ4n) is 2.37. The van der Waals surface area contributed by atoms with Crippen molar-refractivity contribution in [1.82, 2.24) is 15.3 Å². The number of benzene rings is 1. The number of aromatic nitrogens is 2. The Morgan fingerprint density at radius 3 is 2.75 bits per heavy atom. The zero-order chi connectivity index (χ0) is 13.8. The first-order valence-electron chi connectivity index (χ1n) is 6.80. The fourth-order valence-corrected chi connectivity index (χ4v) is 2.37. The molecule has 0 aliphatic carbocycles. The third-order valence-corrected chi connectivity index (χ3v) is 3.43. The van der Waals surface area contributed by atoms with E-state index in [9.17, 15) is 0 Å². The Morgan fingerprint density at radius 2 is 1.95 bits per heavy atom. The van der Waals surface area contributed by atoms with Gasteiger partial charge in [0.2, 0.25) is 5.95 Å². The molecule has 0 saturated carbocycles. The lowest BCUT2D eigenvalue weighted by atomic mass is 10.1. The Kier molecular flexibility index (Phi) is 3.78. The van der Waals surface area contributed by atoms with Gasteiger partial charge in [0.25, 0.3) is 0 Å². The predicted molar refractivity (Wildman–Crippen MR) is 79.1 cm³/mol. The van der Waals surface area contributed by atoms with E-state index in [-0.39, 0.29) is 0 Å². The van der Waals surface area contributed by atoms with E-state index in [0.717, 1.165) is 49.1 Å². The summed E-state index contributed by atoms with van der Waals surface area (Å²) in [5.41, 5.74) is 1.89. The first-order valence-corrected chi connectivity index (χ1v) is 6.80. The number of methoxy groups -OCH3 is 1. The minimum atomic E-state index is 0.787. The molecule has 1 aromatic carbocycles. The standard InChI is InChI=1S/C15H18N4O/c1-20-14-5-3-2-4-12(14)13-6-7-17-15(18-13)19-10-8-16-9-11-19/h2-7,16H,8-11H2,1H3. The molecule has 104 valence electrons. The van der Waals surface area contributed by atoms with E-state index < -0.39 is 0 Å². The van der Waals surface area contributed by atoms with Crippen LogP contribution in [0.2, 0.25) is 0 Å². The largest absolute Gasteiger partial charge is 0.496 e. The van der Waals surface area contributed by atoms with E-state index >= 15 is 0 Å². The molecule has 1 aliphatic rings. The van der Waals surface area contributed by atoms with E-state index in [1.807, 2.05) is 36.5 Å². The molecule has 5 nitrogen and oxygen atoms in total. The van der Waals surface area contributed by atoms with Gasteiger partial charge >= 0.3 is 0 Å². The molecule has 2 aromatic rings. The number of rotatable bonds is 3. The zero-order valence-electron chi connectivity index (χ0n) is 11.5.